The van der Waals surface area contributed by atoms with E-state index in [1.807, 2.05) is 18.7 Å². The lowest BCUT2D eigenvalue weighted by Gasteiger charge is -2.08. The predicted octanol–water partition coefficient (Wildman–Crippen LogP) is 2.46. The molecule has 0 N–H and O–H groups in total. The Morgan fingerprint density at radius 3 is 3.00 bits per heavy atom. The maximum Gasteiger partial charge on any atom is 0.267 e. The van der Waals surface area contributed by atoms with Gasteiger partial charge >= 0.3 is 0 Å². The van der Waals surface area contributed by atoms with Crippen LogP contribution in [0, 0.1) is 6.92 Å². The van der Waals surface area contributed by atoms with Crippen molar-refractivity contribution >= 4 is 27.7 Å². The van der Waals surface area contributed by atoms with E-state index in [-0.39, 0.29) is 5.56 Å². The van der Waals surface area contributed by atoms with Crippen LogP contribution in [-0.4, -0.2) is 21.1 Å². The van der Waals surface area contributed by atoms with Crippen molar-refractivity contribution in [2.24, 2.45) is 0 Å². The fraction of sp³-hybridized carbons (Fsp3) is 0.600. The highest BCUT2D eigenvalue weighted by molar-refractivity contribution is 9.10. The largest absolute Gasteiger partial charge is 0.296 e. The van der Waals surface area contributed by atoms with Crippen LogP contribution in [0.1, 0.15) is 19.2 Å². The van der Waals surface area contributed by atoms with Gasteiger partial charge < -0.3 is 0 Å². The van der Waals surface area contributed by atoms with Crippen molar-refractivity contribution in [3.8, 4) is 0 Å². The zero-order valence-corrected chi connectivity index (χ0v) is 11.4. The first-order valence-electron chi connectivity index (χ1n) is 4.96. The Morgan fingerprint density at radius 2 is 2.33 bits per heavy atom. The lowest BCUT2D eigenvalue weighted by molar-refractivity contribution is 0.618. The van der Waals surface area contributed by atoms with E-state index in [4.69, 9.17) is 0 Å². The first-order chi connectivity index (χ1) is 7.16. The van der Waals surface area contributed by atoms with Crippen molar-refractivity contribution in [2.45, 2.75) is 26.8 Å². The Bertz CT molecular complexity index is 378. The summed E-state index contributed by atoms with van der Waals surface area (Å²) < 4.78 is 2.26. The van der Waals surface area contributed by atoms with E-state index in [2.05, 4.69) is 27.8 Å². The van der Waals surface area contributed by atoms with Gasteiger partial charge in [0, 0.05) is 12.7 Å². The Labute approximate surface area is 102 Å². The maximum atomic E-state index is 11.7. The molecule has 5 heteroatoms. The fourth-order valence-corrected chi connectivity index (χ4v) is 2.22. The second-order valence-corrected chi connectivity index (χ2v) is 5.41. The van der Waals surface area contributed by atoms with Crippen molar-refractivity contribution < 1.29 is 0 Å². The SMILES string of the molecule is CCSCCCn1c(C)ncc(Br)c1=O. The summed E-state index contributed by atoms with van der Waals surface area (Å²) in [7, 11) is 0. The van der Waals surface area contributed by atoms with E-state index in [1.165, 1.54) is 0 Å². The molecule has 0 aromatic carbocycles. The minimum atomic E-state index is 0.0176. The normalized spacial score (nSPS) is 10.6. The lowest BCUT2D eigenvalue weighted by Crippen LogP contribution is -2.24. The molecule has 0 amide bonds. The molecule has 0 atom stereocenters. The number of hydrogen-bond acceptors (Lipinski definition) is 3. The van der Waals surface area contributed by atoms with Crippen molar-refractivity contribution in [3.05, 3.63) is 26.8 Å². The number of aryl methyl sites for hydroxylation is 1. The molecular weight excluding hydrogens is 276 g/mol. The Kier molecular flexibility index (Phi) is 5.39. The van der Waals surface area contributed by atoms with Gasteiger partial charge in [-0.2, -0.15) is 11.8 Å². The first kappa shape index (κ1) is 12.8. The van der Waals surface area contributed by atoms with Gasteiger partial charge in [-0.3, -0.25) is 9.36 Å². The topological polar surface area (TPSA) is 34.9 Å². The van der Waals surface area contributed by atoms with Crippen LogP contribution in [0.5, 0.6) is 0 Å². The molecule has 1 rings (SSSR count). The van der Waals surface area contributed by atoms with Gasteiger partial charge in [0.05, 0.1) is 0 Å². The minimum absolute atomic E-state index is 0.0176. The summed E-state index contributed by atoms with van der Waals surface area (Å²) in [5.74, 6) is 3.00. The number of thioether (sulfide) groups is 1. The molecule has 0 fully saturated rings. The molecule has 0 saturated carbocycles. The molecule has 0 aliphatic rings. The summed E-state index contributed by atoms with van der Waals surface area (Å²) in [4.78, 5) is 15.9. The van der Waals surface area contributed by atoms with Crippen LogP contribution in [0.25, 0.3) is 0 Å². The zero-order chi connectivity index (χ0) is 11.3. The van der Waals surface area contributed by atoms with E-state index in [0.717, 1.165) is 30.3 Å². The van der Waals surface area contributed by atoms with E-state index in [1.54, 1.807) is 10.8 Å². The summed E-state index contributed by atoms with van der Waals surface area (Å²) in [6.07, 6.45) is 2.58. The standard InChI is InChI=1S/C10H15BrN2OS/c1-3-15-6-4-5-13-8(2)12-7-9(11)10(13)14/h7H,3-6H2,1-2H3. The summed E-state index contributed by atoms with van der Waals surface area (Å²) in [5, 5.41) is 0. The summed E-state index contributed by atoms with van der Waals surface area (Å²) in [6.45, 7) is 4.76. The van der Waals surface area contributed by atoms with E-state index in [0.29, 0.717) is 4.47 Å². The number of nitrogens with zero attached hydrogens (tertiary/aromatic N) is 2. The second kappa shape index (κ2) is 6.33. The molecule has 1 aromatic heterocycles. The highest BCUT2D eigenvalue weighted by Crippen LogP contribution is 2.05. The van der Waals surface area contributed by atoms with Gasteiger partial charge in [-0.25, -0.2) is 4.98 Å². The molecule has 1 aromatic rings. The average Bonchev–Trinajstić information content (AvgIpc) is 2.23. The quantitative estimate of drug-likeness (QED) is 0.782. The van der Waals surface area contributed by atoms with Crippen LogP contribution in [0.15, 0.2) is 15.5 Å². The number of halogens is 1. The first-order valence-corrected chi connectivity index (χ1v) is 6.91. The van der Waals surface area contributed by atoms with Crippen molar-refractivity contribution in [1.29, 1.82) is 0 Å². The number of hydrogen-bond donors (Lipinski definition) is 0. The van der Waals surface area contributed by atoms with Crippen molar-refractivity contribution in [2.75, 3.05) is 11.5 Å². The van der Waals surface area contributed by atoms with Crippen LogP contribution in [0.4, 0.5) is 0 Å². The molecule has 0 unspecified atom stereocenters. The molecular formula is C10H15BrN2OS. The number of rotatable bonds is 5. The minimum Gasteiger partial charge on any atom is -0.296 e. The summed E-state index contributed by atoms with van der Waals surface area (Å²) >= 11 is 5.10. The van der Waals surface area contributed by atoms with Gasteiger partial charge in [0.2, 0.25) is 0 Å². The Balaban J connectivity index is 2.68. The summed E-state index contributed by atoms with van der Waals surface area (Å²) in [5.41, 5.74) is 0.0176. The highest BCUT2D eigenvalue weighted by atomic mass is 79.9. The van der Waals surface area contributed by atoms with E-state index in [9.17, 15) is 4.79 Å². The Hall–Kier alpha value is -0.290. The van der Waals surface area contributed by atoms with Crippen LogP contribution in [0.2, 0.25) is 0 Å². The molecule has 1 heterocycles. The van der Waals surface area contributed by atoms with Crippen LogP contribution in [-0.2, 0) is 6.54 Å². The number of aromatic nitrogens is 2. The van der Waals surface area contributed by atoms with Gasteiger partial charge in [-0.15, -0.1) is 0 Å². The van der Waals surface area contributed by atoms with Gasteiger partial charge in [-0.05, 0) is 40.8 Å². The molecule has 0 bridgehead atoms. The average molecular weight is 291 g/mol. The molecule has 0 aliphatic heterocycles. The lowest BCUT2D eigenvalue weighted by atomic mass is 10.4. The third-order valence-electron chi connectivity index (χ3n) is 2.08. The van der Waals surface area contributed by atoms with Crippen LogP contribution >= 0.6 is 27.7 Å². The highest BCUT2D eigenvalue weighted by Gasteiger charge is 2.04. The zero-order valence-electron chi connectivity index (χ0n) is 8.99. The predicted molar refractivity (Wildman–Crippen MR) is 68.6 cm³/mol. The molecule has 0 saturated heterocycles. The third-order valence-corrected chi connectivity index (χ3v) is 3.61. The van der Waals surface area contributed by atoms with Gasteiger partial charge in [0.25, 0.3) is 5.56 Å². The molecule has 0 spiro atoms. The molecule has 3 nitrogen and oxygen atoms in total. The van der Waals surface area contributed by atoms with Crippen LogP contribution in [0.3, 0.4) is 0 Å². The van der Waals surface area contributed by atoms with Gasteiger partial charge in [0.15, 0.2) is 0 Å². The molecule has 84 valence electrons. The summed E-state index contributed by atoms with van der Waals surface area (Å²) in [6, 6.07) is 0. The van der Waals surface area contributed by atoms with E-state index >= 15 is 0 Å². The molecule has 0 aliphatic carbocycles. The maximum absolute atomic E-state index is 11.7. The monoisotopic (exact) mass is 290 g/mol. The van der Waals surface area contributed by atoms with Gasteiger partial charge in [-0.1, -0.05) is 6.92 Å². The smallest absolute Gasteiger partial charge is 0.267 e. The molecule has 15 heavy (non-hydrogen) atoms. The second-order valence-electron chi connectivity index (χ2n) is 3.16. The van der Waals surface area contributed by atoms with Crippen molar-refractivity contribution in [3.63, 3.8) is 0 Å². The fourth-order valence-electron chi connectivity index (χ4n) is 1.28. The van der Waals surface area contributed by atoms with Crippen molar-refractivity contribution in [1.82, 2.24) is 9.55 Å². The van der Waals surface area contributed by atoms with Crippen LogP contribution < -0.4 is 5.56 Å². The Morgan fingerprint density at radius 1 is 1.60 bits per heavy atom. The van der Waals surface area contributed by atoms with Gasteiger partial charge in [0.1, 0.15) is 10.3 Å². The molecule has 0 radical (unpaired) electrons. The van der Waals surface area contributed by atoms with E-state index < -0.39 is 0 Å². The third kappa shape index (κ3) is 3.65.